The van der Waals surface area contributed by atoms with Crippen molar-refractivity contribution in [1.29, 1.82) is 0 Å². The molecule has 0 unspecified atom stereocenters. The molecular weight excluding hydrogens is 363 g/mol. The molecule has 0 bridgehead atoms. The fourth-order valence-corrected chi connectivity index (χ4v) is 2.84. The molecule has 3 rings (SSSR count). The van der Waals surface area contributed by atoms with E-state index in [2.05, 4.69) is 10.1 Å². The van der Waals surface area contributed by atoms with E-state index in [0.717, 1.165) is 10.6 Å². The van der Waals surface area contributed by atoms with Crippen molar-refractivity contribution in [2.24, 2.45) is 0 Å². The van der Waals surface area contributed by atoms with E-state index >= 15 is 0 Å². The molecule has 0 N–H and O–H groups in total. The Morgan fingerprint density at radius 3 is 2.75 bits per heavy atom. The van der Waals surface area contributed by atoms with E-state index in [0.29, 0.717) is 6.07 Å². The van der Waals surface area contributed by atoms with Crippen LogP contribution in [0.25, 0.3) is 16.8 Å². The molecule has 0 fully saturated rings. The lowest BCUT2D eigenvalue weighted by molar-refractivity contribution is 0.0528. The SMILES string of the molecule is CCOC(=O)c1cnn2c(Cl)c(-c3ccc(F)cc3F)c(Cl)nc12. The first-order valence-electron chi connectivity index (χ1n) is 6.79. The van der Waals surface area contributed by atoms with Crippen LogP contribution in [0.15, 0.2) is 24.4 Å². The Morgan fingerprint density at radius 2 is 2.08 bits per heavy atom. The number of aromatic nitrogens is 3. The van der Waals surface area contributed by atoms with E-state index in [1.54, 1.807) is 6.92 Å². The number of benzene rings is 1. The largest absolute Gasteiger partial charge is 0.462 e. The molecule has 0 aliphatic carbocycles. The summed E-state index contributed by atoms with van der Waals surface area (Å²) in [6.45, 7) is 1.84. The standard InChI is InChI=1S/C15H9Cl2F2N3O2/c1-2-24-15(23)9-6-20-22-13(17)11(12(16)21-14(9)22)8-4-3-7(18)5-10(8)19/h3-6H,2H2,1H3. The average molecular weight is 372 g/mol. The smallest absolute Gasteiger partial charge is 0.343 e. The van der Waals surface area contributed by atoms with Crippen LogP contribution < -0.4 is 0 Å². The Hall–Kier alpha value is -2.25. The summed E-state index contributed by atoms with van der Waals surface area (Å²) in [4.78, 5) is 15.9. The van der Waals surface area contributed by atoms with E-state index in [1.165, 1.54) is 12.3 Å². The molecule has 2 aromatic heterocycles. The summed E-state index contributed by atoms with van der Waals surface area (Å²) in [5, 5.41) is 3.75. The molecule has 0 spiro atoms. The lowest BCUT2D eigenvalue weighted by Gasteiger charge is -2.10. The van der Waals surface area contributed by atoms with Crippen molar-refractivity contribution in [3.63, 3.8) is 0 Å². The highest BCUT2D eigenvalue weighted by molar-refractivity contribution is 6.38. The van der Waals surface area contributed by atoms with Crippen molar-refractivity contribution in [2.45, 2.75) is 6.92 Å². The molecule has 5 nitrogen and oxygen atoms in total. The summed E-state index contributed by atoms with van der Waals surface area (Å²) in [5.41, 5.74) is 0.164. The van der Waals surface area contributed by atoms with Crippen LogP contribution >= 0.6 is 23.2 Å². The van der Waals surface area contributed by atoms with Gasteiger partial charge in [0.1, 0.15) is 27.5 Å². The molecular formula is C15H9Cl2F2N3O2. The van der Waals surface area contributed by atoms with Crippen molar-refractivity contribution in [3.05, 3.63) is 51.9 Å². The maximum absolute atomic E-state index is 14.0. The Balaban J connectivity index is 2.23. The number of fused-ring (bicyclic) bond motifs is 1. The molecule has 1 aromatic carbocycles. The summed E-state index contributed by atoms with van der Waals surface area (Å²) in [6, 6.07) is 2.97. The summed E-state index contributed by atoms with van der Waals surface area (Å²) in [6.07, 6.45) is 1.23. The Labute approximate surface area is 144 Å². The minimum absolute atomic E-state index is 0.0333. The molecule has 3 aromatic rings. The first-order chi connectivity index (χ1) is 11.4. The van der Waals surface area contributed by atoms with Crippen molar-refractivity contribution < 1.29 is 18.3 Å². The van der Waals surface area contributed by atoms with Crippen molar-refractivity contribution in [2.75, 3.05) is 6.61 Å². The zero-order valence-electron chi connectivity index (χ0n) is 12.2. The van der Waals surface area contributed by atoms with Gasteiger partial charge in [-0.15, -0.1) is 0 Å². The number of carbonyl (C=O) groups excluding carboxylic acids is 1. The Morgan fingerprint density at radius 1 is 1.33 bits per heavy atom. The van der Waals surface area contributed by atoms with Gasteiger partial charge in [0.25, 0.3) is 0 Å². The number of esters is 1. The second-order valence-corrected chi connectivity index (χ2v) is 5.42. The minimum Gasteiger partial charge on any atom is -0.462 e. The van der Waals surface area contributed by atoms with Gasteiger partial charge in [-0.2, -0.15) is 5.10 Å². The number of carbonyl (C=O) groups is 1. The molecule has 0 atom stereocenters. The second-order valence-electron chi connectivity index (χ2n) is 4.71. The fraction of sp³-hybridized carbons (Fsp3) is 0.133. The predicted octanol–water partition coefficient (Wildman–Crippen LogP) is 4.16. The van der Waals surface area contributed by atoms with Gasteiger partial charge < -0.3 is 4.74 Å². The molecule has 0 aliphatic rings. The van der Waals surface area contributed by atoms with E-state index < -0.39 is 17.6 Å². The van der Waals surface area contributed by atoms with Gasteiger partial charge >= 0.3 is 5.97 Å². The van der Waals surface area contributed by atoms with E-state index in [4.69, 9.17) is 27.9 Å². The van der Waals surface area contributed by atoms with E-state index in [1.807, 2.05) is 0 Å². The van der Waals surface area contributed by atoms with Crippen LogP contribution in [-0.2, 0) is 4.74 Å². The van der Waals surface area contributed by atoms with Crippen LogP contribution in [0.3, 0.4) is 0 Å². The quantitative estimate of drug-likeness (QED) is 0.512. The van der Waals surface area contributed by atoms with Crippen LogP contribution in [0.5, 0.6) is 0 Å². The third-order valence-electron chi connectivity index (χ3n) is 3.24. The van der Waals surface area contributed by atoms with Crippen molar-refractivity contribution >= 4 is 34.8 Å². The number of halogens is 4. The van der Waals surface area contributed by atoms with Crippen molar-refractivity contribution in [3.8, 4) is 11.1 Å². The monoisotopic (exact) mass is 371 g/mol. The van der Waals surface area contributed by atoms with Crippen LogP contribution in [-0.4, -0.2) is 27.2 Å². The van der Waals surface area contributed by atoms with Gasteiger partial charge in [-0.25, -0.2) is 23.1 Å². The summed E-state index contributed by atoms with van der Waals surface area (Å²) in [7, 11) is 0. The molecule has 9 heteroatoms. The average Bonchev–Trinajstić information content (AvgIpc) is 2.93. The molecule has 0 aliphatic heterocycles. The highest BCUT2D eigenvalue weighted by Crippen LogP contribution is 2.36. The fourth-order valence-electron chi connectivity index (χ4n) is 2.20. The number of rotatable bonds is 3. The third kappa shape index (κ3) is 2.70. The van der Waals surface area contributed by atoms with Crippen LogP contribution in [0.2, 0.25) is 10.3 Å². The highest BCUT2D eigenvalue weighted by Gasteiger charge is 2.23. The lowest BCUT2D eigenvalue weighted by Crippen LogP contribution is -2.06. The van der Waals surface area contributed by atoms with E-state index in [-0.39, 0.29) is 39.3 Å². The maximum atomic E-state index is 14.0. The van der Waals surface area contributed by atoms with Gasteiger partial charge in [0.2, 0.25) is 0 Å². The van der Waals surface area contributed by atoms with Crippen molar-refractivity contribution in [1.82, 2.24) is 14.6 Å². The third-order valence-corrected chi connectivity index (χ3v) is 3.86. The summed E-state index contributed by atoms with van der Waals surface area (Å²) < 4.78 is 33.2. The predicted molar refractivity (Wildman–Crippen MR) is 84.3 cm³/mol. The lowest BCUT2D eigenvalue weighted by atomic mass is 10.1. The van der Waals surface area contributed by atoms with Gasteiger partial charge in [0, 0.05) is 11.6 Å². The van der Waals surface area contributed by atoms with Crippen LogP contribution in [0.4, 0.5) is 8.78 Å². The first-order valence-corrected chi connectivity index (χ1v) is 7.55. The van der Waals surface area contributed by atoms with Gasteiger partial charge in [-0.3, -0.25) is 0 Å². The first kappa shape index (κ1) is 16.6. The van der Waals surface area contributed by atoms with Gasteiger partial charge in [0.05, 0.1) is 18.4 Å². The maximum Gasteiger partial charge on any atom is 0.343 e. The molecule has 0 saturated carbocycles. The molecule has 2 heterocycles. The number of ether oxygens (including phenoxy) is 1. The topological polar surface area (TPSA) is 56.5 Å². The highest BCUT2D eigenvalue weighted by atomic mass is 35.5. The Kier molecular flexibility index (Phi) is 4.38. The Bertz CT molecular complexity index is 960. The molecule has 24 heavy (non-hydrogen) atoms. The van der Waals surface area contributed by atoms with Gasteiger partial charge in [-0.05, 0) is 19.1 Å². The van der Waals surface area contributed by atoms with Crippen LogP contribution in [0, 0.1) is 11.6 Å². The second kappa shape index (κ2) is 6.33. The van der Waals surface area contributed by atoms with Crippen LogP contribution in [0.1, 0.15) is 17.3 Å². The molecule has 0 saturated heterocycles. The molecule has 0 amide bonds. The van der Waals surface area contributed by atoms with Gasteiger partial charge in [-0.1, -0.05) is 23.2 Å². The number of nitrogens with zero attached hydrogens (tertiary/aromatic N) is 3. The molecule has 124 valence electrons. The summed E-state index contributed by atoms with van der Waals surface area (Å²) in [5.74, 6) is -2.22. The zero-order chi connectivity index (χ0) is 17.4. The number of hydrogen-bond acceptors (Lipinski definition) is 4. The summed E-state index contributed by atoms with van der Waals surface area (Å²) >= 11 is 12.4. The van der Waals surface area contributed by atoms with E-state index in [9.17, 15) is 13.6 Å². The minimum atomic E-state index is -0.849. The molecule has 0 radical (unpaired) electrons. The van der Waals surface area contributed by atoms with Gasteiger partial charge in [0.15, 0.2) is 5.65 Å². The zero-order valence-corrected chi connectivity index (χ0v) is 13.7. The normalized spacial score (nSPS) is 11.0. The number of hydrogen-bond donors (Lipinski definition) is 0.